The second kappa shape index (κ2) is 8.32. The minimum Gasteiger partial charge on any atom is -0.546 e. The molecule has 1 atom stereocenters. The van der Waals surface area contributed by atoms with Crippen LogP contribution >= 0.6 is 0 Å². The number of allylic oxidation sites excluding steroid dienone is 1. The van der Waals surface area contributed by atoms with Crippen molar-refractivity contribution in [3.8, 4) is 5.75 Å². The molecule has 0 radical (unpaired) electrons. The van der Waals surface area contributed by atoms with E-state index < -0.39 is 8.32 Å². The Hall–Kier alpha value is -2.04. The van der Waals surface area contributed by atoms with Gasteiger partial charge in [0.25, 0.3) is 0 Å². The minimum absolute atomic E-state index is 0.317. The van der Waals surface area contributed by atoms with Gasteiger partial charge >= 0.3 is 0 Å². The Balaban J connectivity index is 2.01. The molecule has 27 heavy (non-hydrogen) atoms. The lowest BCUT2D eigenvalue weighted by atomic mass is 9.79. The molecule has 0 aromatic heterocycles. The molecule has 1 N–H and O–H groups in total. The van der Waals surface area contributed by atoms with E-state index in [9.17, 15) is 0 Å². The van der Waals surface area contributed by atoms with Gasteiger partial charge in [-0.15, -0.1) is 0 Å². The van der Waals surface area contributed by atoms with Gasteiger partial charge in [-0.05, 0) is 68.2 Å². The minimum atomic E-state index is -1.74. The van der Waals surface area contributed by atoms with Gasteiger partial charge in [0.15, 0.2) is 0 Å². The van der Waals surface area contributed by atoms with Crippen LogP contribution in [0.2, 0.25) is 19.6 Å². The first kappa shape index (κ1) is 19.7. The lowest BCUT2D eigenvalue weighted by Crippen LogP contribution is -2.48. The molecule has 3 rings (SSSR count). The van der Waals surface area contributed by atoms with Crippen LogP contribution in [0.1, 0.15) is 30.4 Å². The van der Waals surface area contributed by atoms with Crippen LogP contribution in [-0.4, -0.2) is 15.4 Å². The average Bonchev–Trinajstić information content (AvgIpc) is 2.67. The summed E-state index contributed by atoms with van der Waals surface area (Å²) < 4.78 is 12.1. The molecule has 0 heterocycles. The number of hydrogen-bond acceptors (Lipinski definition) is 3. The lowest BCUT2D eigenvalue weighted by Gasteiger charge is -2.42. The molecule has 0 saturated carbocycles. The normalized spacial score (nSPS) is 20.1. The summed E-state index contributed by atoms with van der Waals surface area (Å²) in [4.78, 5) is 0. The van der Waals surface area contributed by atoms with Crippen LogP contribution in [-0.2, 0) is 16.5 Å². The summed E-state index contributed by atoms with van der Waals surface area (Å²) >= 11 is 0. The molecular formula is C23H31NO2Si. The maximum Gasteiger partial charge on any atom is 0.241 e. The Morgan fingerprint density at radius 2 is 1.81 bits per heavy atom. The lowest BCUT2D eigenvalue weighted by molar-refractivity contribution is 0.226. The van der Waals surface area contributed by atoms with Crippen molar-refractivity contribution < 1.29 is 9.16 Å². The molecule has 0 fully saturated rings. The molecular weight excluding hydrogens is 350 g/mol. The van der Waals surface area contributed by atoms with E-state index in [1.54, 1.807) is 7.11 Å². The van der Waals surface area contributed by atoms with E-state index in [0.717, 1.165) is 37.3 Å². The Kier molecular flexibility index (Phi) is 6.07. The second-order valence-corrected chi connectivity index (χ2v) is 12.6. The van der Waals surface area contributed by atoms with Crippen molar-refractivity contribution in [3.05, 3.63) is 77.6 Å². The average molecular weight is 382 g/mol. The molecule has 1 aliphatic rings. The molecule has 0 bridgehead atoms. The van der Waals surface area contributed by atoms with Gasteiger partial charge < -0.3 is 9.16 Å². The molecule has 3 nitrogen and oxygen atoms in total. The number of benzene rings is 2. The highest BCUT2D eigenvalue weighted by Gasteiger charge is 2.40. The highest BCUT2D eigenvalue weighted by Crippen LogP contribution is 2.41. The van der Waals surface area contributed by atoms with Gasteiger partial charge in [0.1, 0.15) is 17.0 Å². The summed E-state index contributed by atoms with van der Waals surface area (Å²) in [6, 6.07) is 19.0. The van der Waals surface area contributed by atoms with Crippen molar-refractivity contribution in [2.75, 3.05) is 7.11 Å². The van der Waals surface area contributed by atoms with Gasteiger partial charge in [0, 0.05) is 6.54 Å². The number of rotatable bonds is 7. The van der Waals surface area contributed by atoms with E-state index >= 15 is 0 Å². The highest BCUT2D eigenvalue weighted by atomic mass is 28.4. The van der Waals surface area contributed by atoms with E-state index in [1.807, 2.05) is 6.07 Å². The maximum atomic E-state index is 6.61. The maximum absolute atomic E-state index is 6.61. The van der Waals surface area contributed by atoms with E-state index in [2.05, 4.69) is 79.6 Å². The SMILES string of the molecule is COc1cccc(C2(NCc3ccccc3)CCCC=C2O[Si](C)(C)C)c1. The first-order chi connectivity index (χ1) is 12.9. The van der Waals surface area contributed by atoms with Gasteiger partial charge in [-0.1, -0.05) is 42.5 Å². The van der Waals surface area contributed by atoms with E-state index in [-0.39, 0.29) is 5.54 Å². The number of nitrogens with one attached hydrogen (secondary N) is 1. The van der Waals surface area contributed by atoms with Gasteiger partial charge in [-0.3, -0.25) is 5.32 Å². The Morgan fingerprint density at radius 3 is 2.52 bits per heavy atom. The highest BCUT2D eigenvalue weighted by molar-refractivity contribution is 6.70. The van der Waals surface area contributed by atoms with Crippen LogP contribution in [0.25, 0.3) is 0 Å². The molecule has 4 heteroatoms. The Bertz CT molecular complexity index is 782. The third-order valence-corrected chi connectivity index (χ3v) is 5.75. The number of methoxy groups -OCH3 is 1. The van der Waals surface area contributed by atoms with Crippen LogP contribution in [0.4, 0.5) is 0 Å². The first-order valence-electron chi connectivity index (χ1n) is 9.76. The van der Waals surface area contributed by atoms with Crippen LogP contribution in [0.3, 0.4) is 0 Å². The third-order valence-electron chi connectivity index (χ3n) is 4.92. The van der Waals surface area contributed by atoms with Crippen LogP contribution in [0, 0.1) is 0 Å². The Labute approximate surface area is 164 Å². The third kappa shape index (κ3) is 4.82. The van der Waals surface area contributed by atoms with E-state index in [4.69, 9.17) is 9.16 Å². The quantitative estimate of drug-likeness (QED) is 0.633. The predicted octanol–water partition coefficient (Wildman–Crippen LogP) is 5.60. The largest absolute Gasteiger partial charge is 0.546 e. The molecule has 0 amide bonds. The van der Waals surface area contributed by atoms with Crippen LogP contribution in [0.5, 0.6) is 5.75 Å². The topological polar surface area (TPSA) is 30.5 Å². The van der Waals surface area contributed by atoms with Crippen LogP contribution in [0.15, 0.2) is 66.4 Å². The second-order valence-electron chi connectivity index (χ2n) is 8.15. The number of ether oxygens (including phenoxy) is 1. The molecule has 0 saturated heterocycles. The molecule has 1 unspecified atom stereocenters. The van der Waals surface area contributed by atoms with Crippen molar-refractivity contribution in [1.82, 2.24) is 5.32 Å². The van der Waals surface area contributed by atoms with Gasteiger partial charge in [-0.2, -0.15) is 0 Å². The molecule has 2 aromatic rings. The molecule has 2 aromatic carbocycles. The Morgan fingerprint density at radius 1 is 1.04 bits per heavy atom. The summed E-state index contributed by atoms with van der Waals surface area (Å²) in [6.45, 7) is 7.53. The van der Waals surface area contributed by atoms with Crippen molar-refractivity contribution in [2.24, 2.45) is 0 Å². The number of hydrogen-bond donors (Lipinski definition) is 1. The van der Waals surface area contributed by atoms with E-state index in [1.165, 1.54) is 11.1 Å². The molecule has 1 aliphatic carbocycles. The smallest absolute Gasteiger partial charge is 0.241 e. The summed E-state index contributed by atoms with van der Waals surface area (Å²) in [7, 11) is -0.0145. The van der Waals surface area contributed by atoms with Crippen molar-refractivity contribution in [2.45, 2.75) is 51.0 Å². The standard InChI is InChI=1S/C23H31NO2Si/c1-25-21-14-10-13-20(17-21)23(24-18-19-11-6-5-7-12-19)16-9-8-15-22(23)26-27(2,3)4/h5-7,10-15,17,24H,8-9,16,18H2,1-4H3. The van der Waals surface area contributed by atoms with Gasteiger partial charge in [0.05, 0.1) is 7.11 Å². The zero-order valence-corrected chi connectivity index (χ0v) is 17.9. The summed E-state index contributed by atoms with van der Waals surface area (Å²) in [5, 5.41) is 3.87. The summed E-state index contributed by atoms with van der Waals surface area (Å²) in [5.41, 5.74) is 2.17. The fourth-order valence-electron chi connectivity index (χ4n) is 3.66. The molecule has 0 aliphatic heterocycles. The fourth-order valence-corrected chi connectivity index (χ4v) is 4.58. The predicted molar refractivity (Wildman–Crippen MR) is 114 cm³/mol. The first-order valence-corrected chi connectivity index (χ1v) is 13.2. The zero-order chi connectivity index (χ0) is 19.3. The van der Waals surface area contributed by atoms with Crippen LogP contribution < -0.4 is 10.1 Å². The monoisotopic (exact) mass is 381 g/mol. The van der Waals surface area contributed by atoms with Crippen molar-refractivity contribution in [1.29, 1.82) is 0 Å². The fraction of sp³-hybridized carbons (Fsp3) is 0.391. The van der Waals surface area contributed by atoms with Crippen molar-refractivity contribution >= 4 is 8.32 Å². The van der Waals surface area contributed by atoms with E-state index in [0.29, 0.717) is 0 Å². The summed E-state index contributed by atoms with van der Waals surface area (Å²) in [5.74, 6) is 1.96. The van der Waals surface area contributed by atoms with Gasteiger partial charge in [-0.25, -0.2) is 0 Å². The zero-order valence-electron chi connectivity index (χ0n) is 16.9. The van der Waals surface area contributed by atoms with Crippen molar-refractivity contribution in [3.63, 3.8) is 0 Å². The summed E-state index contributed by atoms with van der Waals surface area (Å²) in [6.07, 6.45) is 5.51. The van der Waals surface area contributed by atoms with Gasteiger partial charge in [0.2, 0.25) is 8.32 Å². The molecule has 0 spiro atoms. The molecule has 144 valence electrons.